The molecule has 0 aliphatic carbocycles. The summed E-state index contributed by atoms with van der Waals surface area (Å²) < 4.78 is 37.0. The van der Waals surface area contributed by atoms with Gasteiger partial charge in [-0.1, -0.05) is 20.1 Å². The standard InChI is InChI=1S/C35H56O9/c1-5-32-21(2)14-28(43-32)17-30(29-11-13-40-23(4)22(29)3)33-8-7-27(42-33)20-41-34-9-6-26(44-35(34)31(38)18-36)16-25(37)15-24-10-12-39-19-24/h23-24,26-36,38H,2-3,5-20H2,1,4H3/t23-,24?,26?,27?,28?,29-,30?,31?,32+,33?,34?,35?/m1/s1. The van der Waals surface area contributed by atoms with Crippen molar-refractivity contribution >= 4 is 5.78 Å². The van der Waals surface area contributed by atoms with Gasteiger partial charge in [-0.15, -0.1) is 0 Å². The van der Waals surface area contributed by atoms with Crippen molar-refractivity contribution < 1.29 is 43.4 Å². The highest BCUT2D eigenvalue weighted by Gasteiger charge is 2.43. The maximum Gasteiger partial charge on any atom is 0.135 e. The number of carbonyl (C=O) groups excluding carboxylic acids is 1. The van der Waals surface area contributed by atoms with Crippen molar-refractivity contribution in [1.29, 1.82) is 0 Å². The maximum absolute atomic E-state index is 12.7. The molecule has 0 amide bonds. The normalized spacial score (nSPS) is 39.5. The monoisotopic (exact) mass is 620 g/mol. The van der Waals surface area contributed by atoms with Crippen molar-refractivity contribution in [3.8, 4) is 0 Å². The lowest BCUT2D eigenvalue weighted by atomic mass is 9.74. The van der Waals surface area contributed by atoms with Crippen molar-refractivity contribution in [3.05, 3.63) is 24.3 Å². The fourth-order valence-corrected chi connectivity index (χ4v) is 8.13. The SMILES string of the molecule is C=C1CC(CC(C2CCC(COC3CCC(CC(=O)CC4CCOC4)OC3C(O)CO)O2)[C@@H]2CCO[C@H](C)C2=C)O[C@H]1CC. The van der Waals surface area contributed by atoms with E-state index in [0.29, 0.717) is 50.7 Å². The van der Waals surface area contributed by atoms with E-state index in [2.05, 4.69) is 27.0 Å². The van der Waals surface area contributed by atoms with E-state index >= 15 is 0 Å². The van der Waals surface area contributed by atoms with Crippen molar-refractivity contribution in [2.24, 2.45) is 17.8 Å². The van der Waals surface area contributed by atoms with Gasteiger partial charge in [0.05, 0.1) is 55.9 Å². The molecule has 0 aromatic rings. The Morgan fingerprint density at radius 2 is 1.82 bits per heavy atom. The molecule has 0 saturated carbocycles. The number of aliphatic hydroxyl groups is 2. The first-order valence-corrected chi connectivity index (χ1v) is 17.2. The van der Waals surface area contributed by atoms with E-state index in [4.69, 9.17) is 28.4 Å². The molecule has 9 unspecified atom stereocenters. The number of Topliss-reactive ketones (excluding diaryl/α,β-unsaturated/α-hetero) is 1. The number of aliphatic hydroxyl groups excluding tert-OH is 2. The van der Waals surface area contributed by atoms with E-state index < -0.39 is 18.8 Å². The summed E-state index contributed by atoms with van der Waals surface area (Å²) in [4.78, 5) is 12.7. The van der Waals surface area contributed by atoms with Gasteiger partial charge in [-0.3, -0.25) is 4.79 Å². The Hall–Kier alpha value is -1.17. The number of hydrogen-bond donors (Lipinski definition) is 2. The number of carbonyl (C=O) groups is 1. The van der Waals surface area contributed by atoms with Crippen LogP contribution in [-0.2, 0) is 33.2 Å². The molecule has 5 saturated heterocycles. The van der Waals surface area contributed by atoms with Crippen LogP contribution in [0.3, 0.4) is 0 Å². The van der Waals surface area contributed by atoms with Gasteiger partial charge in [-0.25, -0.2) is 0 Å². The van der Waals surface area contributed by atoms with E-state index in [-0.39, 0.29) is 54.4 Å². The molecule has 0 bridgehead atoms. The highest BCUT2D eigenvalue weighted by atomic mass is 16.6. The lowest BCUT2D eigenvalue weighted by molar-refractivity contribution is -0.192. The summed E-state index contributed by atoms with van der Waals surface area (Å²) in [5, 5.41) is 20.3. The minimum Gasteiger partial charge on any atom is -0.394 e. The third-order valence-corrected chi connectivity index (χ3v) is 10.7. The highest BCUT2D eigenvalue weighted by Crippen LogP contribution is 2.43. The second-order valence-electron chi connectivity index (χ2n) is 13.9. The molecule has 0 aromatic heterocycles. The Bertz CT molecular complexity index is 964. The second kappa shape index (κ2) is 16.1. The third-order valence-electron chi connectivity index (χ3n) is 10.7. The number of ether oxygens (including phenoxy) is 6. The third kappa shape index (κ3) is 8.59. The van der Waals surface area contributed by atoms with Gasteiger partial charge >= 0.3 is 0 Å². The predicted molar refractivity (Wildman–Crippen MR) is 165 cm³/mol. The summed E-state index contributed by atoms with van der Waals surface area (Å²) in [7, 11) is 0. The van der Waals surface area contributed by atoms with E-state index in [1.165, 1.54) is 5.57 Å². The molecule has 5 heterocycles. The van der Waals surface area contributed by atoms with Gasteiger partial charge in [0.25, 0.3) is 0 Å². The van der Waals surface area contributed by atoms with Gasteiger partial charge in [0, 0.05) is 32.7 Å². The summed E-state index contributed by atoms with van der Waals surface area (Å²) in [6.07, 6.45) is 6.58. The summed E-state index contributed by atoms with van der Waals surface area (Å²) in [6, 6.07) is 0. The summed E-state index contributed by atoms with van der Waals surface area (Å²) >= 11 is 0. The van der Waals surface area contributed by atoms with E-state index in [9.17, 15) is 15.0 Å². The molecule has 5 aliphatic rings. The maximum atomic E-state index is 12.7. The highest BCUT2D eigenvalue weighted by molar-refractivity contribution is 5.79. The van der Waals surface area contributed by atoms with Crippen molar-refractivity contribution in [1.82, 2.24) is 0 Å². The van der Waals surface area contributed by atoms with Crippen LogP contribution >= 0.6 is 0 Å². The molecule has 2 N–H and O–H groups in total. The Morgan fingerprint density at radius 3 is 2.55 bits per heavy atom. The molecule has 250 valence electrons. The fraction of sp³-hybridized carbons (Fsp3) is 0.857. The quantitative estimate of drug-likeness (QED) is 0.274. The Morgan fingerprint density at radius 1 is 1.00 bits per heavy atom. The van der Waals surface area contributed by atoms with E-state index in [0.717, 1.165) is 63.7 Å². The molecule has 12 atom stereocenters. The van der Waals surface area contributed by atoms with Crippen LogP contribution in [0.1, 0.15) is 84.5 Å². The molecule has 44 heavy (non-hydrogen) atoms. The van der Waals surface area contributed by atoms with Crippen LogP contribution in [0, 0.1) is 17.8 Å². The molecule has 0 spiro atoms. The summed E-state index contributed by atoms with van der Waals surface area (Å²) in [6.45, 7) is 15.0. The van der Waals surface area contributed by atoms with Crippen molar-refractivity contribution in [2.45, 2.75) is 139 Å². The zero-order valence-electron chi connectivity index (χ0n) is 26.9. The predicted octanol–water partition coefficient (Wildman–Crippen LogP) is 4.32. The molecule has 5 aliphatic heterocycles. The molecule has 9 nitrogen and oxygen atoms in total. The van der Waals surface area contributed by atoms with Gasteiger partial charge in [-0.05, 0) is 93.6 Å². The van der Waals surface area contributed by atoms with Crippen LogP contribution in [0.15, 0.2) is 24.3 Å². The second-order valence-corrected chi connectivity index (χ2v) is 13.9. The molecular weight excluding hydrogens is 564 g/mol. The van der Waals surface area contributed by atoms with Crippen LogP contribution in [0.25, 0.3) is 0 Å². The van der Waals surface area contributed by atoms with Crippen molar-refractivity contribution in [3.63, 3.8) is 0 Å². The topological polar surface area (TPSA) is 113 Å². The smallest absolute Gasteiger partial charge is 0.135 e. The van der Waals surface area contributed by atoms with E-state index in [1.54, 1.807) is 0 Å². The zero-order chi connectivity index (χ0) is 31.2. The average molecular weight is 621 g/mol. The minimum absolute atomic E-state index is 0.0386. The lowest BCUT2D eigenvalue weighted by Gasteiger charge is -2.39. The average Bonchev–Trinajstić information content (AvgIpc) is 3.78. The molecule has 9 heteroatoms. The van der Waals surface area contributed by atoms with Crippen LogP contribution in [0.5, 0.6) is 0 Å². The Labute approximate surface area is 263 Å². The molecule has 5 fully saturated rings. The number of ketones is 1. The largest absolute Gasteiger partial charge is 0.394 e. The van der Waals surface area contributed by atoms with Gasteiger partial charge in [0.2, 0.25) is 0 Å². The zero-order valence-corrected chi connectivity index (χ0v) is 26.9. The van der Waals surface area contributed by atoms with Crippen LogP contribution < -0.4 is 0 Å². The lowest BCUT2D eigenvalue weighted by Crippen LogP contribution is -2.49. The van der Waals surface area contributed by atoms with Crippen LogP contribution in [0.2, 0.25) is 0 Å². The van der Waals surface area contributed by atoms with Crippen LogP contribution in [-0.4, -0.2) is 104 Å². The van der Waals surface area contributed by atoms with Gasteiger partial charge in [0.15, 0.2) is 0 Å². The summed E-state index contributed by atoms with van der Waals surface area (Å²) in [5.41, 5.74) is 2.34. The Balaban J connectivity index is 1.15. The number of hydrogen-bond acceptors (Lipinski definition) is 9. The van der Waals surface area contributed by atoms with Gasteiger partial charge < -0.3 is 38.6 Å². The first-order chi connectivity index (χ1) is 21.2. The van der Waals surface area contributed by atoms with Gasteiger partial charge in [-0.2, -0.15) is 0 Å². The van der Waals surface area contributed by atoms with E-state index in [1.807, 2.05) is 0 Å². The molecule has 5 rings (SSSR count). The fourth-order valence-electron chi connectivity index (χ4n) is 8.13. The summed E-state index contributed by atoms with van der Waals surface area (Å²) in [5.74, 6) is 1.06. The molecule has 0 aromatic carbocycles. The first-order valence-electron chi connectivity index (χ1n) is 17.2. The minimum atomic E-state index is -1.07. The Kier molecular flexibility index (Phi) is 12.5. The van der Waals surface area contributed by atoms with Crippen molar-refractivity contribution in [2.75, 3.05) is 33.0 Å². The van der Waals surface area contributed by atoms with Crippen LogP contribution in [0.4, 0.5) is 0 Å². The number of rotatable bonds is 14. The van der Waals surface area contributed by atoms with Gasteiger partial charge in [0.1, 0.15) is 18.0 Å². The molecular formula is C35H56O9. The molecule has 0 radical (unpaired) electrons. The first kappa shape index (κ1) is 34.2.